The van der Waals surface area contributed by atoms with E-state index in [4.69, 9.17) is 9.72 Å². The third kappa shape index (κ3) is 9.71. The van der Waals surface area contributed by atoms with Gasteiger partial charge in [-0.25, -0.2) is 4.98 Å². The molecule has 0 bridgehead atoms. The summed E-state index contributed by atoms with van der Waals surface area (Å²) in [6.45, 7) is 13.5. The minimum Gasteiger partial charge on any atom is -0.379 e. The molecule has 0 spiro atoms. The molecule has 1 aromatic heterocycles. The SMILES string of the molecule is C=C(CN1CCOCC1)C(=O)NC[C@H](Cc1ccccc1)NC(=O)[C@H](Cc1nc2ccc(C(C)C)cc2s1)NC(=O)CC. The number of thiazole rings is 1. The summed E-state index contributed by atoms with van der Waals surface area (Å²) < 4.78 is 6.45. The second-order valence-electron chi connectivity index (χ2n) is 11.3. The second kappa shape index (κ2) is 15.7. The molecule has 3 N–H and O–H groups in total. The molecule has 0 saturated carbocycles. The molecular weight excluding hydrogens is 562 g/mol. The Labute approximate surface area is 258 Å². The number of carbonyl (C=O) groups excluding carboxylic acids is 3. The fraction of sp³-hybridized carbons (Fsp3) is 0.455. The Morgan fingerprint density at radius 2 is 1.79 bits per heavy atom. The van der Waals surface area contributed by atoms with Crippen LogP contribution in [-0.4, -0.2) is 79.1 Å². The molecular formula is C33H43N5O4S. The van der Waals surface area contributed by atoms with E-state index in [2.05, 4.69) is 53.4 Å². The predicted molar refractivity (Wildman–Crippen MR) is 171 cm³/mol. The Balaban J connectivity index is 1.46. The van der Waals surface area contributed by atoms with Gasteiger partial charge in [-0.05, 0) is 35.6 Å². The summed E-state index contributed by atoms with van der Waals surface area (Å²) in [5.41, 5.74) is 3.61. The van der Waals surface area contributed by atoms with Crippen LogP contribution in [0.1, 0.15) is 49.2 Å². The molecule has 1 aliphatic rings. The van der Waals surface area contributed by atoms with Gasteiger partial charge < -0.3 is 20.7 Å². The van der Waals surface area contributed by atoms with Gasteiger partial charge in [-0.15, -0.1) is 11.3 Å². The Bertz CT molecular complexity index is 1400. The molecule has 43 heavy (non-hydrogen) atoms. The quantitative estimate of drug-likeness (QED) is 0.242. The zero-order chi connectivity index (χ0) is 30.8. The smallest absolute Gasteiger partial charge is 0.247 e. The van der Waals surface area contributed by atoms with Crippen molar-refractivity contribution in [3.63, 3.8) is 0 Å². The fourth-order valence-electron chi connectivity index (χ4n) is 4.93. The van der Waals surface area contributed by atoms with E-state index in [1.165, 1.54) is 5.56 Å². The number of fused-ring (bicyclic) bond motifs is 1. The van der Waals surface area contributed by atoms with E-state index >= 15 is 0 Å². The molecule has 2 aromatic carbocycles. The van der Waals surface area contributed by atoms with Gasteiger partial charge in [-0.3, -0.25) is 19.3 Å². The number of nitrogens with one attached hydrogen (secondary N) is 3. The monoisotopic (exact) mass is 605 g/mol. The lowest BCUT2D eigenvalue weighted by atomic mass is 10.0. The Morgan fingerprint density at radius 1 is 1.05 bits per heavy atom. The number of ether oxygens (including phenoxy) is 1. The number of nitrogens with zero attached hydrogens (tertiary/aromatic N) is 2. The highest BCUT2D eigenvalue weighted by atomic mass is 32.1. The average molecular weight is 606 g/mol. The molecule has 10 heteroatoms. The molecule has 0 unspecified atom stereocenters. The van der Waals surface area contributed by atoms with Gasteiger partial charge >= 0.3 is 0 Å². The molecule has 0 radical (unpaired) electrons. The summed E-state index contributed by atoms with van der Waals surface area (Å²) in [6, 6.07) is 14.8. The number of morpholine rings is 1. The van der Waals surface area contributed by atoms with Crippen molar-refractivity contribution in [2.45, 2.75) is 58.0 Å². The standard InChI is InChI=1S/C33H43N5O4S/c1-5-30(39)36-28(19-31-37-27-12-11-25(22(2)3)18-29(27)43-31)33(41)35-26(17-24-9-7-6-8-10-24)20-34-32(40)23(4)21-38-13-15-42-16-14-38/h6-12,18,22,26,28H,4-5,13-17,19-21H2,1-3H3,(H,34,40)(H,35,41)(H,36,39)/t26-,28-/m0/s1. The molecule has 230 valence electrons. The fourth-order valence-corrected chi connectivity index (χ4v) is 5.99. The van der Waals surface area contributed by atoms with Gasteiger partial charge in [0.15, 0.2) is 0 Å². The van der Waals surface area contributed by atoms with Crippen molar-refractivity contribution in [3.8, 4) is 0 Å². The van der Waals surface area contributed by atoms with E-state index in [0.717, 1.165) is 33.9 Å². The van der Waals surface area contributed by atoms with Gasteiger partial charge in [0, 0.05) is 44.6 Å². The summed E-state index contributed by atoms with van der Waals surface area (Å²) in [4.78, 5) is 46.0. The summed E-state index contributed by atoms with van der Waals surface area (Å²) >= 11 is 1.54. The maximum Gasteiger partial charge on any atom is 0.247 e. The van der Waals surface area contributed by atoms with Crippen molar-refractivity contribution < 1.29 is 19.1 Å². The second-order valence-corrected chi connectivity index (χ2v) is 12.4. The van der Waals surface area contributed by atoms with Gasteiger partial charge in [-0.1, -0.05) is 63.7 Å². The molecule has 2 heterocycles. The third-order valence-corrected chi connectivity index (χ3v) is 8.54. The molecule has 1 aliphatic heterocycles. The number of carbonyl (C=O) groups is 3. The summed E-state index contributed by atoms with van der Waals surface area (Å²) in [5.74, 6) is -0.372. The van der Waals surface area contributed by atoms with Gasteiger partial charge in [0.05, 0.1) is 34.5 Å². The maximum atomic E-state index is 13.7. The van der Waals surface area contributed by atoms with Crippen molar-refractivity contribution in [3.05, 3.63) is 76.8 Å². The zero-order valence-electron chi connectivity index (χ0n) is 25.4. The first-order chi connectivity index (χ1) is 20.7. The average Bonchev–Trinajstić information content (AvgIpc) is 3.41. The number of hydrogen-bond donors (Lipinski definition) is 3. The van der Waals surface area contributed by atoms with Crippen LogP contribution in [-0.2, 0) is 32.0 Å². The van der Waals surface area contributed by atoms with Crippen molar-refractivity contribution in [2.24, 2.45) is 0 Å². The summed E-state index contributed by atoms with van der Waals surface area (Å²) in [6.07, 6.45) is 1.04. The maximum absolute atomic E-state index is 13.7. The van der Waals surface area contributed by atoms with Crippen LogP contribution in [0.15, 0.2) is 60.7 Å². The highest BCUT2D eigenvalue weighted by Crippen LogP contribution is 2.27. The van der Waals surface area contributed by atoms with Crippen molar-refractivity contribution in [2.75, 3.05) is 39.4 Å². The third-order valence-electron chi connectivity index (χ3n) is 7.49. The molecule has 2 atom stereocenters. The Hall–Kier alpha value is -3.60. The molecule has 1 fully saturated rings. The Kier molecular flexibility index (Phi) is 11.8. The van der Waals surface area contributed by atoms with Crippen LogP contribution in [0, 0.1) is 0 Å². The molecule has 4 rings (SSSR count). The van der Waals surface area contributed by atoms with Crippen LogP contribution in [0.2, 0.25) is 0 Å². The summed E-state index contributed by atoms with van der Waals surface area (Å²) in [7, 11) is 0. The minimum atomic E-state index is -0.803. The zero-order valence-corrected chi connectivity index (χ0v) is 26.2. The lowest BCUT2D eigenvalue weighted by Crippen LogP contribution is -2.53. The van der Waals surface area contributed by atoms with Crippen LogP contribution in [0.4, 0.5) is 0 Å². The number of rotatable bonds is 14. The lowest BCUT2D eigenvalue weighted by Gasteiger charge is -2.27. The highest BCUT2D eigenvalue weighted by molar-refractivity contribution is 7.18. The molecule has 3 amide bonds. The van der Waals surface area contributed by atoms with Crippen LogP contribution in [0.25, 0.3) is 10.2 Å². The first kappa shape index (κ1) is 32.3. The molecule has 3 aromatic rings. The predicted octanol–water partition coefficient (Wildman–Crippen LogP) is 3.59. The minimum absolute atomic E-state index is 0.212. The topological polar surface area (TPSA) is 113 Å². The van der Waals surface area contributed by atoms with Crippen molar-refractivity contribution in [1.82, 2.24) is 25.8 Å². The van der Waals surface area contributed by atoms with Crippen LogP contribution in [0.5, 0.6) is 0 Å². The van der Waals surface area contributed by atoms with E-state index in [9.17, 15) is 14.4 Å². The van der Waals surface area contributed by atoms with Gasteiger partial charge in [0.2, 0.25) is 17.7 Å². The van der Waals surface area contributed by atoms with Gasteiger partial charge in [0.1, 0.15) is 6.04 Å². The lowest BCUT2D eigenvalue weighted by molar-refractivity contribution is -0.129. The largest absolute Gasteiger partial charge is 0.379 e. The van der Waals surface area contributed by atoms with Crippen LogP contribution in [0.3, 0.4) is 0 Å². The number of hydrogen-bond acceptors (Lipinski definition) is 7. The number of aromatic nitrogens is 1. The van der Waals surface area contributed by atoms with E-state index in [1.807, 2.05) is 36.4 Å². The van der Waals surface area contributed by atoms with E-state index in [1.54, 1.807) is 18.3 Å². The first-order valence-corrected chi connectivity index (χ1v) is 15.8. The van der Waals surface area contributed by atoms with E-state index < -0.39 is 12.1 Å². The van der Waals surface area contributed by atoms with Gasteiger partial charge in [0.25, 0.3) is 0 Å². The van der Waals surface area contributed by atoms with E-state index in [0.29, 0.717) is 37.7 Å². The number of amides is 3. The summed E-state index contributed by atoms with van der Waals surface area (Å²) in [5, 5.41) is 9.73. The molecule has 1 saturated heterocycles. The van der Waals surface area contributed by atoms with Crippen molar-refractivity contribution in [1.29, 1.82) is 0 Å². The normalized spacial score (nSPS) is 15.2. The molecule has 9 nitrogen and oxygen atoms in total. The van der Waals surface area contributed by atoms with E-state index in [-0.39, 0.29) is 37.1 Å². The Morgan fingerprint density at radius 3 is 2.49 bits per heavy atom. The van der Waals surface area contributed by atoms with Crippen LogP contribution < -0.4 is 16.0 Å². The first-order valence-electron chi connectivity index (χ1n) is 15.0. The highest BCUT2D eigenvalue weighted by Gasteiger charge is 2.26. The van der Waals surface area contributed by atoms with Crippen molar-refractivity contribution >= 4 is 39.3 Å². The van der Waals surface area contributed by atoms with Crippen LogP contribution >= 0.6 is 11.3 Å². The van der Waals surface area contributed by atoms with Gasteiger partial charge in [-0.2, -0.15) is 0 Å². The molecule has 0 aliphatic carbocycles. The number of benzene rings is 2.